The van der Waals surface area contributed by atoms with Gasteiger partial charge in [-0.2, -0.15) is 0 Å². The lowest BCUT2D eigenvalue weighted by molar-refractivity contribution is -0.133. The van der Waals surface area contributed by atoms with Gasteiger partial charge < -0.3 is 9.80 Å². The van der Waals surface area contributed by atoms with Crippen LogP contribution in [0.15, 0.2) is 54.6 Å². The smallest absolute Gasteiger partial charge is 0.230 e. The molecule has 1 saturated heterocycles. The first-order chi connectivity index (χ1) is 11.7. The predicted octanol–water partition coefficient (Wildman–Crippen LogP) is 3.67. The number of anilines is 1. The predicted molar refractivity (Wildman–Crippen MR) is 94.7 cm³/mol. The molecule has 0 N–H and O–H groups in total. The quantitative estimate of drug-likeness (QED) is 0.856. The van der Waals surface area contributed by atoms with Crippen LogP contribution in [-0.4, -0.2) is 37.0 Å². The van der Waals surface area contributed by atoms with Gasteiger partial charge in [-0.1, -0.05) is 37.3 Å². The average molecular weight is 326 g/mol. The fraction of sp³-hybridized carbons (Fsp3) is 0.350. The normalized spacial score (nSPS) is 16.1. The Bertz CT molecular complexity index is 664. The van der Waals surface area contributed by atoms with E-state index in [2.05, 4.69) is 11.8 Å². The molecule has 1 amide bonds. The minimum absolute atomic E-state index is 0.0661. The Morgan fingerprint density at radius 3 is 2.21 bits per heavy atom. The maximum atomic E-state index is 13.0. The van der Waals surface area contributed by atoms with Gasteiger partial charge in [0.05, 0.1) is 5.92 Å². The van der Waals surface area contributed by atoms with Crippen molar-refractivity contribution in [2.75, 3.05) is 31.1 Å². The van der Waals surface area contributed by atoms with E-state index in [4.69, 9.17) is 0 Å². The molecule has 4 heteroatoms. The molecule has 1 aliphatic rings. The van der Waals surface area contributed by atoms with Crippen LogP contribution in [0.4, 0.5) is 10.1 Å². The fourth-order valence-electron chi connectivity index (χ4n) is 3.30. The molecular formula is C20H23FN2O. The summed E-state index contributed by atoms with van der Waals surface area (Å²) in [5.41, 5.74) is 2.10. The number of rotatable bonds is 4. The van der Waals surface area contributed by atoms with Gasteiger partial charge in [0, 0.05) is 31.9 Å². The summed E-state index contributed by atoms with van der Waals surface area (Å²) in [5.74, 6) is -0.0766. The summed E-state index contributed by atoms with van der Waals surface area (Å²) in [4.78, 5) is 17.0. The molecule has 126 valence electrons. The number of hydrogen-bond acceptors (Lipinski definition) is 2. The van der Waals surface area contributed by atoms with Gasteiger partial charge in [0.25, 0.3) is 0 Å². The summed E-state index contributed by atoms with van der Waals surface area (Å²) in [6.07, 6.45) is 0.807. The van der Waals surface area contributed by atoms with Crippen LogP contribution in [0, 0.1) is 5.82 Å². The third-order valence-corrected chi connectivity index (χ3v) is 4.69. The van der Waals surface area contributed by atoms with Crippen molar-refractivity contribution < 1.29 is 9.18 Å². The van der Waals surface area contributed by atoms with Crippen LogP contribution in [0.5, 0.6) is 0 Å². The minimum atomic E-state index is -0.221. The van der Waals surface area contributed by atoms with Crippen LogP contribution < -0.4 is 4.90 Å². The molecule has 1 fully saturated rings. The van der Waals surface area contributed by atoms with E-state index < -0.39 is 0 Å². The van der Waals surface area contributed by atoms with Gasteiger partial charge in [0.1, 0.15) is 5.82 Å². The molecule has 1 unspecified atom stereocenters. The highest BCUT2D eigenvalue weighted by Gasteiger charge is 2.27. The first-order valence-electron chi connectivity index (χ1n) is 8.53. The van der Waals surface area contributed by atoms with Crippen LogP contribution >= 0.6 is 0 Å². The molecule has 0 saturated carbocycles. The lowest BCUT2D eigenvalue weighted by Crippen LogP contribution is -2.50. The van der Waals surface area contributed by atoms with E-state index in [1.165, 1.54) is 12.1 Å². The Labute approximate surface area is 142 Å². The monoisotopic (exact) mass is 326 g/mol. The number of hydrogen-bond donors (Lipinski definition) is 0. The number of piperazine rings is 1. The first-order valence-corrected chi connectivity index (χ1v) is 8.53. The summed E-state index contributed by atoms with van der Waals surface area (Å²) < 4.78 is 13.0. The van der Waals surface area contributed by atoms with Gasteiger partial charge in [-0.15, -0.1) is 0 Å². The Hall–Kier alpha value is -2.36. The van der Waals surface area contributed by atoms with Crippen LogP contribution in [0.25, 0.3) is 0 Å². The van der Waals surface area contributed by atoms with Crippen molar-refractivity contribution in [2.45, 2.75) is 19.3 Å². The van der Waals surface area contributed by atoms with Crippen molar-refractivity contribution in [3.05, 3.63) is 66.0 Å². The van der Waals surface area contributed by atoms with Crippen molar-refractivity contribution in [1.82, 2.24) is 4.90 Å². The molecule has 24 heavy (non-hydrogen) atoms. The highest BCUT2D eigenvalue weighted by atomic mass is 19.1. The van der Waals surface area contributed by atoms with Crippen LogP contribution in [0.3, 0.4) is 0 Å². The van der Waals surface area contributed by atoms with Gasteiger partial charge in [0.15, 0.2) is 0 Å². The number of halogens is 1. The molecular weight excluding hydrogens is 303 g/mol. The van der Waals surface area contributed by atoms with Gasteiger partial charge in [-0.3, -0.25) is 4.79 Å². The van der Waals surface area contributed by atoms with E-state index in [1.807, 2.05) is 35.2 Å². The Balaban J connectivity index is 1.63. The number of carbonyl (C=O) groups excluding carboxylic acids is 1. The van der Waals surface area contributed by atoms with E-state index in [0.717, 1.165) is 30.8 Å². The molecule has 1 atom stereocenters. The zero-order valence-electron chi connectivity index (χ0n) is 14.0. The van der Waals surface area contributed by atoms with Gasteiger partial charge in [-0.05, 0) is 36.2 Å². The Kier molecular flexibility index (Phi) is 5.14. The van der Waals surface area contributed by atoms with E-state index >= 15 is 0 Å². The van der Waals surface area contributed by atoms with Gasteiger partial charge in [0.2, 0.25) is 5.91 Å². The van der Waals surface area contributed by atoms with Crippen LogP contribution in [0.1, 0.15) is 24.8 Å². The largest absolute Gasteiger partial charge is 0.368 e. The van der Waals surface area contributed by atoms with Crippen molar-refractivity contribution in [3.8, 4) is 0 Å². The van der Waals surface area contributed by atoms with Crippen molar-refractivity contribution in [1.29, 1.82) is 0 Å². The van der Waals surface area contributed by atoms with Gasteiger partial charge in [-0.25, -0.2) is 4.39 Å². The third kappa shape index (κ3) is 3.58. The fourth-order valence-corrected chi connectivity index (χ4v) is 3.30. The number of benzene rings is 2. The summed E-state index contributed by atoms with van der Waals surface area (Å²) in [6.45, 7) is 5.04. The number of amides is 1. The second kappa shape index (κ2) is 7.47. The standard InChI is InChI=1S/C20H23FN2O/c1-2-19(16-6-4-3-5-7-16)20(24)23-14-12-22(13-15-23)18-10-8-17(21)9-11-18/h3-11,19H,2,12-15H2,1H3. The Morgan fingerprint density at radius 1 is 1.00 bits per heavy atom. The topological polar surface area (TPSA) is 23.6 Å². The molecule has 0 bridgehead atoms. The SMILES string of the molecule is CCC(C(=O)N1CCN(c2ccc(F)cc2)CC1)c1ccccc1. The molecule has 1 heterocycles. The number of nitrogens with zero attached hydrogens (tertiary/aromatic N) is 2. The van der Waals surface area contributed by atoms with E-state index in [-0.39, 0.29) is 17.6 Å². The maximum absolute atomic E-state index is 13.0. The molecule has 3 nitrogen and oxygen atoms in total. The highest BCUT2D eigenvalue weighted by Crippen LogP contribution is 2.24. The van der Waals surface area contributed by atoms with E-state index in [1.54, 1.807) is 12.1 Å². The zero-order valence-corrected chi connectivity index (χ0v) is 14.0. The molecule has 0 aromatic heterocycles. The molecule has 3 rings (SSSR count). The van der Waals surface area contributed by atoms with Crippen molar-refractivity contribution in [2.24, 2.45) is 0 Å². The first kappa shape index (κ1) is 16.5. The molecule has 0 radical (unpaired) electrons. The van der Waals surface area contributed by atoms with Crippen LogP contribution in [-0.2, 0) is 4.79 Å². The highest BCUT2D eigenvalue weighted by molar-refractivity contribution is 5.84. The lowest BCUT2D eigenvalue weighted by atomic mass is 9.95. The summed E-state index contributed by atoms with van der Waals surface area (Å²) in [6, 6.07) is 16.6. The molecule has 2 aromatic rings. The average Bonchev–Trinajstić information content (AvgIpc) is 2.64. The minimum Gasteiger partial charge on any atom is -0.368 e. The molecule has 2 aromatic carbocycles. The summed E-state index contributed by atoms with van der Waals surface area (Å²) in [5, 5.41) is 0. The van der Waals surface area contributed by atoms with Crippen molar-refractivity contribution >= 4 is 11.6 Å². The van der Waals surface area contributed by atoms with E-state index in [9.17, 15) is 9.18 Å². The summed E-state index contributed by atoms with van der Waals surface area (Å²) in [7, 11) is 0. The van der Waals surface area contributed by atoms with Crippen molar-refractivity contribution in [3.63, 3.8) is 0 Å². The second-order valence-electron chi connectivity index (χ2n) is 6.16. The zero-order chi connectivity index (χ0) is 16.9. The van der Waals surface area contributed by atoms with E-state index in [0.29, 0.717) is 13.1 Å². The molecule has 0 spiro atoms. The lowest BCUT2D eigenvalue weighted by Gasteiger charge is -2.37. The maximum Gasteiger partial charge on any atom is 0.230 e. The molecule has 0 aliphatic carbocycles. The summed E-state index contributed by atoms with van der Waals surface area (Å²) >= 11 is 0. The third-order valence-electron chi connectivity index (χ3n) is 4.69. The Morgan fingerprint density at radius 2 is 1.62 bits per heavy atom. The van der Waals surface area contributed by atoms with Crippen LogP contribution in [0.2, 0.25) is 0 Å². The molecule has 1 aliphatic heterocycles. The number of carbonyl (C=O) groups is 1. The van der Waals surface area contributed by atoms with Gasteiger partial charge >= 0.3 is 0 Å². The second-order valence-corrected chi connectivity index (χ2v) is 6.16.